The number of carbonyl (C=O) groups is 2. The van der Waals surface area contributed by atoms with Crippen LogP contribution in [0.2, 0.25) is 0 Å². The molecular formula is C19H28O6. The van der Waals surface area contributed by atoms with Crippen LogP contribution in [0.5, 0.6) is 0 Å². The average Bonchev–Trinajstić information content (AvgIpc) is 3.17. The van der Waals surface area contributed by atoms with Crippen molar-refractivity contribution < 1.29 is 28.5 Å². The fourth-order valence-corrected chi connectivity index (χ4v) is 3.50. The van der Waals surface area contributed by atoms with Crippen LogP contribution in [-0.4, -0.2) is 44.0 Å². The van der Waals surface area contributed by atoms with Gasteiger partial charge in [-0.15, -0.1) is 0 Å². The minimum Gasteiger partial charge on any atom is -0.501 e. The van der Waals surface area contributed by atoms with E-state index in [9.17, 15) is 9.59 Å². The van der Waals surface area contributed by atoms with E-state index in [1.807, 2.05) is 26.8 Å². The Hall–Kier alpha value is -1.82. The molecule has 6 heteroatoms. The summed E-state index contributed by atoms with van der Waals surface area (Å²) in [6, 6.07) is 0. The Balaban J connectivity index is 2.17. The quantitative estimate of drug-likeness (QED) is 0.541. The molecule has 0 aliphatic heterocycles. The molecule has 0 unspecified atom stereocenters. The molecule has 0 aromatic carbocycles. The molecular weight excluding hydrogens is 324 g/mol. The molecule has 25 heavy (non-hydrogen) atoms. The summed E-state index contributed by atoms with van der Waals surface area (Å²) in [5, 5.41) is 0. The molecule has 1 saturated carbocycles. The second kappa shape index (κ2) is 7.20. The summed E-state index contributed by atoms with van der Waals surface area (Å²) in [5.41, 5.74) is -1.16. The number of methoxy groups -OCH3 is 2. The predicted molar refractivity (Wildman–Crippen MR) is 91.5 cm³/mol. The van der Waals surface area contributed by atoms with Crippen LogP contribution in [0.4, 0.5) is 0 Å². The van der Waals surface area contributed by atoms with Gasteiger partial charge in [-0.2, -0.15) is 0 Å². The molecule has 2 aliphatic rings. The monoisotopic (exact) mass is 352 g/mol. The summed E-state index contributed by atoms with van der Waals surface area (Å²) in [6.45, 7) is 7.60. The van der Waals surface area contributed by atoms with Gasteiger partial charge in [0.2, 0.25) is 0 Å². The second-order valence-corrected chi connectivity index (χ2v) is 7.37. The number of carbonyl (C=O) groups excluding carboxylic acids is 2. The molecule has 1 fully saturated rings. The van der Waals surface area contributed by atoms with Crippen LogP contribution in [0.1, 0.15) is 34.1 Å². The summed E-state index contributed by atoms with van der Waals surface area (Å²) in [6.07, 6.45) is 5.61. The summed E-state index contributed by atoms with van der Waals surface area (Å²) >= 11 is 0. The van der Waals surface area contributed by atoms with Crippen molar-refractivity contribution in [2.45, 2.75) is 45.3 Å². The van der Waals surface area contributed by atoms with Gasteiger partial charge in [-0.3, -0.25) is 4.79 Å². The van der Waals surface area contributed by atoms with Crippen molar-refractivity contribution in [3.8, 4) is 0 Å². The maximum absolute atomic E-state index is 12.5. The van der Waals surface area contributed by atoms with Crippen molar-refractivity contribution in [1.29, 1.82) is 0 Å². The van der Waals surface area contributed by atoms with Gasteiger partial charge in [-0.1, -0.05) is 0 Å². The van der Waals surface area contributed by atoms with Crippen LogP contribution in [0.25, 0.3) is 0 Å². The lowest BCUT2D eigenvalue weighted by Crippen LogP contribution is -2.31. The molecule has 0 aromatic heterocycles. The first kappa shape index (κ1) is 19.5. The van der Waals surface area contributed by atoms with Crippen molar-refractivity contribution in [2.24, 2.45) is 17.8 Å². The van der Waals surface area contributed by atoms with Crippen LogP contribution in [0.15, 0.2) is 24.0 Å². The minimum absolute atomic E-state index is 0.0665. The minimum atomic E-state index is -0.604. The Morgan fingerprint density at radius 1 is 1.32 bits per heavy atom. The SMILES string of the molecule is CCOC(=O)/C=C/[C@@]1(OC)[C@@H]2C=C(OC)[C@@H](C(=O)OC(C)(C)C)C[C@@H]21. The highest BCUT2D eigenvalue weighted by atomic mass is 16.6. The van der Waals surface area contributed by atoms with Gasteiger partial charge in [-0.05, 0) is 46.3 Å². The van der Waals surface area contributed by atoms with Crippen molar-refractivity contribution in [3.63, 3.8) is 0 Å². The van der Waals surface area contributed by atoms with Crippen LogP contribution >= 0.6 is 0 Å². The zero-order valence-electron chi connectivity index (χ0n) is 15.8. The van der Waals surface area contributed by atoms with Crippen LogP contribution in [0, 0.1) is 17.8 Å². The maximum atomic E-state index is 12.5. The third kappa shape index (κ3) is 4.06. The van der Waals surface area contributed by atoms with Gasteiger partial charge in [0.15, 0.2) is 0 Å². The highest BCUT2D eigenvalue weighted by Crippen LogP contribution is 2.61. The number of esters is 2. The Morgan fingerprint density at radius 2 is 2.00 bits per heavy atom. The van der Waals surface area contributed by atoms with Crippen molar-refractivity contribution >= 4 is 11.9 Å². The highest BCUT2D eigenvalue weighted by Gasteiger charge is 2.66. The molecule has 140 valence electrons. The van der Waals surface area contributed by atoms with Gasteiger partial charge < -0.3 is 18.9 Å². The lowest BCUT2D eigenvalue weighted by Gasteiger charge is -2.26. The number of ether oxygens (including phenoxy) is 4. The Labute approximate surface area is 149 Å². The van der Waals surface area contributed by atoms with Gasteiger partial charge in [0.1, 0.15) is 17.3 Å². The molecule has 4 atom stereocenters. The molecule has 0 saturated heterocycles. The summed E-state index contributed by atoms with van der Waals surface area (Å²) in [4.78, 5) is 24.1. The van der Waals surface area contributed by atoms with E-state index in [0.29, 0.717) is 18.8 Å². The summed E-state index contributed by atoms with van der Waals surface area (Å²) in [7, 11) is 3.16. The largest absolute Gasteiger partial charge is 0.501 e. The van der Waals surface area contributed by atoms with E-state index < -0.39 is 23.1 Å². The lowest BCUT2D eigenvalue weighted by atomic mass is 9.93. The van der Waals surface area contributed by atoms with E-state index in [0.717, 1.165) is 0 Å². The Bertz CT molecular complexity index is 585. The molecule has 0 heterocycles. The maximum Gasteiger partial charge on any atom is 0.330 e. The molecule has 0 spiro atoms. The number of rotatable bonds is 6. The van der Waals surface area contributed by atoms with E-state index in [1.54, 1.807) is 27.2 Å². The molecule has 0 aromatic rings. The van der Waals surface area contributed by atoms with E-state index in [2.05, 4.69) is 0 Å². The van der Waals surface area contributed by atoms with Crippen molar-refractivity contribution in [3.05, 3.63) is 24.0 Å². The third-order valence-electron chi connectivity index (χ3n) is 4.65. The van der Waals surface area contributed by atoms with E-state index >= 15 is 0 Å². The topological polar surface area (TPSA) is 71.1 Å². The van der Waals surface area contributed by atoms with Crippen LogP contribution in [-0.2, 0) is 28.5 Å². The molecule has 0 bridgehead atoms. The Kier molecular flexibility index (Phi) is 5.62. The Morgan fingerprint density at radius 3 is 2.52 bits per heavy atom. The normalized spacial score (nSPS) is 31.1. The zero-order chi connectivity index (χ0) is 18.8. The molecule has 6 nitrogen and oxygen atoms in total. The fourth-order valence-electron chi connectivity index (χ4n) is 3.50. The first-order valence-corrected chi connectivity index (χ1v) is 8.58. The van der Waals surface area contributed by atoms with Crippen molar-refractivity contribution in [2.75, 3.05) is 20.8 Å². The summed E-state index contributed by atoms with van der Waals surface area (Å²) in [5.74, 6) is -0.401. The van der Waals surface area contributed by atoms with Gasteiger partial charge in [0, 0.05) is 25.0 Å². The smallest absolute Gasteiger partial charge is 0.330 e. The first-order chi connectivity index (χ1) is 11.7. The van der Waals surface area contributed by atoms with Crippen LogP contribution < -0.4 is 0 Å². The van der Waals surface area contributed by atoms with E-state index in [4.69, 9.17) is 18.9 Å². The fraction of sp³-hybridized carbons (Fsp3) is 0.684. The van der Waals surface area contributed by atoms with Gasteiger partial charge in [0.25, 0.3) is 0 Å². The standard InChI is InChI=1S/C19H28O6/c1-7-24-16(20)8-9-19(23-6)13-10-12(15(22-5)11-14(13)19)17(21)25-18(2,3)4/h8-9,11-14H,7,10H2,1-6H3/b9-8+/t12-,13-,14+,19-/m0/s1. The van der Waals surface area contributed by atoms with Gasteiger partial charge >= 0.3 is 11.9 Å². The zero-order valence-corrected chi connectivity index (χ0v) is 15.8. The lowest BCUT2D eigenvalue weighted by molar-refractivity contribution is -0.160. The van der Waals surface area contributed by atoms with E-state index in [1.165, 1.54) is 6.08 Å². The molecule has 0 radical (unpaired) electrons. The predicted octanol–water partition coefficient (Wildman–Crippen LogP) is 2.63. The number of hydrogen-bond donors (Lipinski definition) is 0. The molecule has 2 aliphatic carbocycles. The second-order valence-electron chi connectivity index (χ2n) is 7.37. The van der Waals surface area contributed by atoms with E-state index in [-0.39, 0.29) is 17.8 Å². The third-order valence-corrected chi connectivity index (χ3v) is 4.65. The molecule has 0 amide bonds. The average molecular weight is 352 g/mol. The molecule has 2 rings (SSSR count). The summed E-state index contributed by atoms with van der Waals surface area (Å²) < 4.78 is 21.6. The van der Waals surface area contributed by atoms with Gasteiger partial charge in [0.05, 0.1) is 19.3 Å². The number of hydrogen-bond acceptors (Lipinski definition) is 6. The highest BCUT2D eigenvalue weighted by molar-refractivity contribution is 5.82. The molecule has 0 N–H and O–H groups in total. The van der Waals surface area contributed by atoms with Crippen LogP contribution in [0.3, 0.4) is 0 Å². The first-order valence-electron chi connectivity index (χ1n) is 8.58. The number of fused-ring (bicyclic) bond motifs is 1. The van der Waals surface area contributed by atoms with Crippen molar-refractivity contribution in [1.82, 2.24) is 0 Å². The van der Waals surface area contributed by atoms with Gasteiger partial charge in [-0.25, -0.2) is 4.79 Å².